The molecular weight excluding hydrogens is 306 g/mol. The predicted octanol–water partition coefficient (Wildman–Crippen LogP) is 5.46. The van der Waals surface area contributed by atoms with Gasteiger partial charge in [-0.25, -0.2) is 4.79 Å². The van der Waals surface area contributed by atoms with Gasteiger partial charge in [-0.2, -0.15) is 0 Å². The predicted molar refractivity (Wildman–Crippen MR) is 99.7 cm³/mol. The second kappa shape index (κ2) is 7.86. The number of nitrogens with zero attached hydrogens (tertiary/aromatic N) is 1. The van der Waals surface area contributed by atoms with Gasteiger partial charge in [-0.3, -0.25) is 4.90 Å². The average Bonchev–Trinajstić information content (AvgIpc) is 2.29. The fourth-order valence-electron chi connectivity index (χ4n) is 1.34. The lowest BCUT2D eigenvalue weighted by molar-refractivity contribution is 0.0351. The first kappa shape index (κ1) is 21.5. The smallest absolute Gasteiger partial charge is 0.414 e. The van der Waals surface area contributed by atoms with E-state index in [2.05, 4.69) is 47.0 Å². The molecule has 0 aliphatic rings. The fraction of sp³-hybridized carbons (Fsp3) is 0.611. The van der Waals surface area contributed by atoms with Crippen molar-refractivity contribution < 1.29 is 14.0 Å². The number of carbonyl (C=O) groups excluding carboxylic acids is 1. The lowest BCUT2D eigenvalue weighted by Crippen LogP contribution is -2.40. The lowest BCUT2D eigenvalue weighted by atomic mass is 10.2. The largest absolute Gasteiger partial charge is 0.544 e. The van der Waals surface area contributed by atoms with Crippen LogP contribution in [0.15, 0.2) is 37.3 Å². The molecule has 0 N–H and O–H groups in total. The maximum absolute atomic E-state index is 12.1. The van der Waals surface area contributed by atoms with Crippen molar-refractivity contribution in [3.8, 4) is 0 Å². The zero-order valence-corrected chi connectivity index (χ0v) is 17.0. The summed E-state index contributed by atoms with van der Waals surface area (Å²) < 4.78 is 11.4. The molecule has 1 amide bonds. The molecule has 0 saturated heterocycles. The highest BCUT2D eigenvalue weighted by molar-refractivity contribution is 6.74. The van der Waals surface area contributed by atoms with Crippen molar-refractivity contribution in [3.05, 3.63) is 37.3 Å². The van der Waals surface area contributed by atoms with Gasteiger partial charge in [-0.1, -0.05) is 33.4 Å². The Morgan fingerprint density at radius 1 is 1.17 bits per heavy atom. The maximum atomic E-state index is 12.1. The van der Waals surface area contributed by atoms with Gasteiger partial charge in [0.1, 0.15) is 5.60 Å². The molecule has 0 radical (unpaired) electrons. The van der Waals surface area contributed by atoms with E-state index in [4.69, 9.17) is 9.16 Å². The Balaban J connectivity index is 4.95. The number of amides is 1. The van der Waals surface area contributed by atoms with E-state index in [1.54, 1.807) is 18.4 Å². The van der Waals surface area contributed by atoms with Crippen LogP contribution in [0.4, 0.5) is 4.79 Å². The Morgan fingerprint density at radius 2 is 1.70 bits per heavy atom. The molecule has 0 fully saturated rings. The van der Waals surface area contributed by atoms with Crippen molar-refractivity contribution >= 4 is 14.4 Å². The van der Waals surface area contributed by atoms with E-state index >= 15 is 0 Å². The Hall–Kier alpha value is -1.49. The summed E-state index contributed by atoms with van der Waals surface area (Å²) in [5, 5.41) is 0.0930. The van der Waals surface area contributed by atoms with Gasteiger partial charge < -0.3 is 9.16 Å². The number of carbonyl (C=O) groups is 1. The van der Waals surface area contributed by atoms with Crippen LogP contribution in [0.1, 0.15) is 41.5 Å². The van der Waals surface area contributed by atoms with Crippen LogP contribution in [0.2, 0.25) is 18.1 Å². The Bertz CT molecular complexity index is 468. The summed E-state index contributed by atoms with van der Waals surface area (Å²) in [6, 6.07) is 0. The first-order chi connectivity index (χ1) is 10.2. The first-order valence-electron chi connectivity index (χ1n) is 7.86. The molecular formula is C18H33NO3Si. The number of hydrogen-bond acceptors (Lipinski definition) is 3. The third kappa shape index (κ3) is 8.07. The minimum atomic E-state index is -1.93. The van der Waals surface area contributed by atoms with Crippen molar-refractivity contribution in [1.82, 2.24) is 4.90 Å². The van der Waals surface area contributed by atoms with Gasteiger partial charge in [0.25, 0.3) is 0 Å². The molecule has 0 aromatic rings. The van der Waals surface area contributed by atoms with Crippen molar-refractivity contribution in [2.75, 3.05) is 6.54 Å². The number of ether oxygens (including phenoxy) is 1. The van der Waals surface area contributed by atoms with E-state index in [1.807, 2.05) is 20.8 Å². The molecule has 0 spiro atoms. The number of allylic oxidation sites excluding steroid dienone is 1. The summed E-state index contributed by atoms with van der Waals surface area (Å²) in [6.45, 7) is 24.3. The molecule has 132 valence electrons. The van der Waals surface area contributed by atoms with Crippen molar-refractivity contribution in [3.63, 3.8) is 0 Å². The van der Waals surface area contributed by atoms with Gasteiger partial charge in [0.2, 0.25) is 8.32 Å². The molecule has 0 unspecified atom stereocenters. The van der Waals surface area contributed by atoms with Crippen molar-refractivity contribution in [2.45, 2.75) is 65.3 Å². The van der Waals surface area contributed by atoms with Gasteiger partial charge in [-0.15, -0.1) is 6.58 Å². The summed E-state index contributed by atoms with van der Waals surface area (Å²) in [5.74, 6) is 0.550. The molecule has 0 aliphatic heterocycles. The van der Waals surface area contributed by atoms with Gasteiger partial charge in [-0.05, 0) is 45.0 Å². The summed E-state index contributed by atoms with van der Waals surface area (Å²) >= 11 is 0. The molecule has 0 aliphatic carbocycles. The maximum Gasteiger partial charge on any atom is 0.414 e. The number of rotatable bonds is 6. The highest BCUT2D eigenvalue weighted by Crippen LogP contribution is 2.37. The average molecular weight is 340 g/mol. The number of hydrogen-bond donors (Lipinski definition) is 0. The topological polar surface area (TPSA) is 38.8 Å². The van der Waals surface area contributed by atoms with Crippen molar-refractivity contribution in [2.24, 2.45) is 0 Å². The van der Waals surface area contributed by atoms with Crippen LogP contribution in [0.5, 0.6) is 0 Å². The lowest BCUT2D eigenvalue weighted by Gasteiger charge is -2.36. The summed E-state index contributed by atoms with van der Waals surface area (Å²) in [5.41, 5.74) is -0.543. The van der Waals surface area contributed by atoms with Crippen LogP contribution in [0.25, 0.3) is 0 Å². The third-order valence-electron chi connectivity index (χ3n) is 3.59. The fourth-order valence-corrected chi connectivity index (χ4v) is 2.37. The van der Waals surface area contributed by atoms with Crippen LogP contribution >= 0.6 is 0 Å². The molecule has 0 aromatic heterocycles. The summed E-state index contributed by atoms with van der Waals surface area (Å²) in [7, 11) is -1.93. The van der Waals surface area contributed by atoms with Crippen LogP contribution < -0.4 is 0 Å². The quantitative estimate of drug-likeness (QED) is 0.279. The Kier molecular flexibility index (Phi) is 7.35. The second-order valence-electron chi connectivity index (χ2n) is 8.07. The molecule has 0 bridgehead atoms. The zero-order chi connectivity index (χ0) is 18.5. The zero-order valence-electron chi connectivity index (χ0n) is 16.0. The standard InChI is InChI=1S/C18H33NO3Si/c1-11-13-19(16(20)21-17(3,4)5)14-12-15(2)22-23(9,10)18(6,7)8/h11-12,14H,1-2,13H2,3-10H3/b14-12+. The van der Waals surface area contributed by atoms with E-state index in [1.165, 1.54) is 4.90 Å². The Morgan fingerprint density at radius 3 is 2.09 bits per heavy atom. The second-order valence-corrected chi connectivity index (χ2v) is 12.8. The van der Waals surface area contributed by atoms with Gasteiger partial charge >= 0.3 is 6.09 Å². The summed E-state index contributed by atoms with van der Waals surface area (Å²) in [6.07, 6.45) is 4.55. The van der Waals surface area contributed by atoms with Crippen LogP contribution in [-0.4, -0.2) is 31.5 Å². The van der Waals surface area contributed by atoms with Crippen LogP contribution in [-0.2, 0) is 9.16 Å². The van der Waals surface area contributed by atoms with E-state index in [-0.39, 0.29) is 5.04 Å². The molecule has 4 nitrogen and oxygen atoms in total. The Labute approximate surface area is 143 Å². The van der Waals surface area contributed by atoms with Gasteiger partial charge in [0.05, 0.1) is 5.76 Å². The van der Waals surface area contributed by atoms with Crippen LogP contribution in [0, 0.1) is 0 Å². The SMILES string of the molecule is C=CCN(/C=C/C(=C)O[Si](C)(C)C(C)(C)C)C(=O)OC(C)(C)C. The molecule has 0 atom stereocenters. The monoisotopic (exact) mass is 339 g/mol. The van der Waals surface area contributed by atoms with Gasteiger partial charge in [0.15, 0.2) is 0 Å². The first-order valence-corrected chi connectivity index (χ1v) is 10.8. The molecule has 0 aromatic carbocycles. The van der Waals surface area contributed by atoms with E-state index < -0.39 is 20.0 Å². The minimum Gasteiger partial charge on any atom is -0.544 e. The van der Waals surface area contributed by atoms with E-state index in [0.29, 0.717) is 12.3 Å². The molecule has 23 heavy (non-hydrogen) atoms. The van der Waals surface area contributed by atoms with E-state index in [9.17, 15) is 4.79 Å². The minimum absolute atomic E-state index is 0.0930. The highest BCUT2D eigenvalue weighted by atomic mass is 28.4. The molecule has 0 saturated carbocycles. The normalized spacial score (nSPS) is 12.9. The molecule has 0 rings (SSSR count). The molecule has 5 heteroatoms. The van der Waals surface area contributed by atoms with Gasteiger partial charge in [0, 0.05) is 12.7 Å². The molecule has 0 heterocycles. The van der Waals surface area contributed by atoms with Crippen LogP contribution in [0.3, 0.4) is 0 Å². The third-order valence-corrected chi connectivity index (χ3v) is 7.97. The van der Waals surface area contributed by atoms with E-state index in [0.717, 1.165) is 0 Å². The van der Waals surface area contributed by atoms with Crippen molar-refractivity contribution in [1.29, 1.82) is 0 Å². The highest BCUT2D eigenvalue weighted by Gasteiger charge is 2.38. The summed E-state index contributed by atoms with van der Waals surface area (Å²) in [4.78, 5) is 13.6.